The van der Waals surface area contributed by atoms with Crippen LogP contribution in [-0.4, -0.2) is 23.5 Å². The first-order valence-electron chi connectivity index (χ1n) is 6.30. The normalized spacial score (nSPS) is 17.3. The van der Waals surface area contributed by atoms with Gasteiger partial charge in [-0.15, -0.1) is 0 Å². The summed E-state index contributed by atoms with van der Waals surface area (Å²) in [6.45, 7) is 0.719. The predicted octanol–water partition coefficient (Wildman–Crippen LogP) is 1.47. The van der Waals surface area contributed by atoms with E-state index in [1.807, 2.05) is 12.3 Å². The van der Waals surface area contributed by atoms with Gasteiger partial charge in [-0.2, -0.15) is 0 Å². The maximum atomic E-state index is 5.84. The van der Waals surface area contributed by atoms with Crippen LogP contribution in [-0.2, 0) is 6.42 Å². The van der Waals surface area contributed by atoms with E-state index in [1.165, 1.54) is 31.2 Å². The third-order valence-corrected chi connectivity index (χ3v) is 3.11. The number of nitrogens with one attached hydrogen (secondary N) is 1. The van der Waals surface area contributed by atoms with Gasteiger partial charge in [-0.3, -0.25) is 9.98 Å². The first-order valence-corrected chi connectivity index (χ1v) is 6.30. The number of rotatable bonds is 4. The van der Waals surface area contributed by atoms with Crippen LogP contribution in [0.1, 0.15) is 31.2 Å². The molecule has 2 rings (SSSR count). The lowest BCUT2D eigenvalue weighted by molar-refractivity contribution is 0.625. The maximum absolute atomic E-state index is 5.84. The standard InChI is InChI=1S/C13H20N4/c14-13(17-12-5-1-2-6-12)16-9-7-11-4-3-8-15-10-11/h3-4,8,10,12H,1-2,5-7,9H2,(H3,14,16,17). The van der Waals surface area contributed by atoms with E-state index in [0.29, 0.717) is 12.0 Å². The van der Waals surface area contributed by atoms with Crippen molar-refractivity contribution >= 4 is 5.96 Å². The van der Waals surface area contributed by atoms with Gasteiger partial charge < -0.3 is 11.1 Å². The molecular formula is C13H20N4. The average Bonchev–Trinajstić information content (AvgIpc) is 2.83. The topological polar surface area (TPSA) is 63.3 Å². The molecule has 1 aromatic rings. The second-order valence-corrected chi connectivity index (χ2v) is 4.50. The van der Waals surface area contributed by atoms with Crippen LogP contribution in [0.3, 0.4) is 0 Å². The summed E-state index contributed by atoms with van der Waals surface area (Å²) in [4.78, 5) is 8.41. The number of hydrogen-bond acceptors (Lipinski definition) is 2. The number of aromatic nitrogens is 1. The van der Waals surface area contributed by atoms with Crippen LogP contribution < -0.4 is 11.1 Å². The summed E-state index contributed by atoms with van der Waals surface area (Å²) >= 11 is 0. The van der Waals surface area contributed by atoms with E-state index < -0.39 is 0 Å². The smallest absolute Gasteiger partial charge is 0.188 e. The van der Waals surface area contributed by atoms with Crippen LogP contribution in [0.25, 0.3) is 0 Å². The quantitative estimate of drug-likeness (QED) is 0.610. The molecule has 0 unspecified atom stereocenters. The molecule has 0 bridgehead atoms. The zero-order valence-electron chi connectivity index (χ0n) is 10.1. The van der Waals surface area contributed by atoms with E-state index in [-0.39, 0.29) is 0 Å². The van der Waals surface area contributed by atoms with Crippen molar-refractivity contribution < 1.29 is 0 Å². The Morgan fingerprint density at radius 2 is 2.29 bits per heavy atom. The minimum atomic E-state index is 0.539. The van der Waals surface area contributed by atoms with E-state index in [2.05, 4.69) is 21.4 Å². The van der Waals surface area contributed by atoms with Crippen LogP contribution in [0.5, 0.6) is 0 Å². The van der Waals surface area contributed by atoms with Crippen LogP contribution in [0.2, 0.25) is 0 Å². The number of nitrogens with two attached hydrogens (primary N) is 1. The fraction of sp³-hybridized carbons (Fsp3) is 0.538. The third-order valence-electron chi connectivity index (χ3n) is 3.11. The van der Waals surface area contributed by atoms with Crippen LogP contribution in [0, 0.1) is 0 Å². The Morgan fingerprint density at radius 1 is 1.47 bits per heavy atom. The van der Waals surface area contributed by atoms with E-state index in [1.54, 1.807) is 6.20 Å². The van der Waals surface area contributed by atoms with Crippen molar-refractivity contribution in [3.8, 4) is 0 Å². The molecular weight excluding hydrogens is 212 g/mol. The number of hydrogen-bond donors (Lipinski definition) is 2. The van der Waals surface area contributed by atoms with E-state index in [4.69, 9.17) is 5.73 Å². The molecule has 92 valence electrons. The maximum Gasteiger partial charge on any atom is 0.188 e. The number of guanidine groups is 1. The van der Waals surface area contributed by atoms with Crippen molar-refractivity contribution in [1.29, 1.82) is 0 Å². The molecule has 1 fully saturated rings. The molecule has 1 aliphatic rings. The van der Waals surface area contributed by atoms with Gasteiger partial charge in [-0.05, 0) is 30.9 Å². The molecule has 1 aliphatic carbocycles. The summed E-state index contributed by atoms with van der Waals surface area (Å²) in [7, 11) is 0. The fourth-order valence-electron chi connectivity index (χ4n) is 2.18. The summed E-state index contributed by atoms with van der Waals surface area (Å²) in [6, 6.07) is 4.54. The summed E-state index contributed by atoms with van der Waals surface area (Å²) in [5, 5.41) is 3.28. The highest BCUT2D eigenvalue weighted by Crippen LogP contribution is 2.17. The Bertz CT molecular complexity index is 355. The molecule has 0 radical (unpaired) electrons. The lowest BCUT2D eigenvalue weighted by atomic mass is 10.2. The predicted molar refractivity (Wildman–Crippen MR) is 69.8 cm³/mol. The first kappa shape index (κ1) is 11.9. The number of aliphatic imine (C=N–C) groups is 1. The SMILES string of the molecule is NC(=NCCc1cccnc1)NC1CCCC1. The highest BCUT2D eigenvalue weighted by molar-refractivity contribution is 5.78. The third kappa shape index (κ3) is 4.06. The van der Waals surface area contributed by atoms with Gasteiger partial charge in [0.25, 0.3) is 0 Å². The summed E-state index contributed by atoms with van der Waals surface area (Å²) in [5.41, 5.74) is 7.04. The first-order chi connectivity index (χ1) is 8.34. The molecule has 0 spiro atoms. The lowest BCUT2D eigenvalue weighted by Gasteiger charge is -2.12. The van der Waals surface area contributed by atoms with E-state index in [9.17, 15) is 0 Å². The van der Waals surface area contributed by atoms with Gasteiger partial charge in [-0.1, -0.05) is 18.9 Å². The van der Waals surface area contributed by atoms with Gasteiger partial charge in [-0.25, -0.2) is 0 Å². The van der Waals surface area contributed by atoms with Gasteiger partial charge in [0.1, 0.15) is 0 Å². The zero-order valence-corrected chi connectivity index (χ0v) is 10.1. The highest BCUT2D eigenvalue weighted by atomic mass is 15.1. The van der Waals surface area contributed by atoms with Gasteiger partial charge in [0, 0.05) is 25.0 Å². The van der Waals surface area contributed by atoms with E-state index in [0.717, 1.165) is 13.0 Å². The van der Waals surface area contributed by atoms with Crippen molar-refractivity contribution in [2.45, 2.75) is 38.1 Å². The Labute approximate surface area is 102 Å². The Balaban J connectivity index is 1.72. The van der Waals surface area contributed by atoms with Crippen LogP contribution >= 0.6 is 0 Å². The van der Waals surface area contributed by atoms with Crippen molar-refractivity contribution in [3.05, 3.63) is 30.1 Å². The minimum absolute atomic E-state index is 0.539. The second-order valence-electron chi connectivity index (χ2n) is 4.50. The monoisotopic (exact) mass is 232 g/mol. The highest BCUT2D eigenvalue weighted by Gasteiger charge is 2.14. The molecule has 3 N–H and O–H groups in total. The molecule has 0 amide bonds. The zero-order chi connectivity index (χ0) is 11.9. The lowest BCUT2D eigenvalue weighted by Crippen LogP contribution is -2.38. The number of pyridine rings is 1. The molecule has 4 nitrogen and oxygen atoms in total. The summed E-state index contributed by atoms with van der Waals surface area (Å²) < 4.78 is 0. The largest absolute Gasteiger partial charge is 0.370 e. The Kier molecular flexibility index (Phi) is 4.36. The molecule has 0 aliphatic heterocycles. The Morgan fingerprint density at radius 3 is 3.00 bits per heavy atom. The van der Waals surface area contributed by atoms with Gasteiger partial charge in [0.15, 0.2) is 5.96 Å². The van der Waals surface area contributed by atoms with Crippen molar-refractivity contribution in [3.63, 3.8) is 0 Å². The number of nitrogens with zero attached hydrogens (tertiary/aromatic N) is 2. The minimum Gasteiger partial charge on any atom is -0.370 e. The molecule has 4 heteroatoms. The molecule has 0 aromatic carbocycles. The molecule has 17 heavy (non-hydrogen) atoms. The van der Waals surface area contributed by atoms with E-state index >= 15 is 0 Å². The molecule has 1 heterocycles. The molecule has 0 saturated heterocycles. The van der Waals surface area contributed by atoms with Gasteiger partial charge in [0.2, 0.25) is 0 Å². The summed E-state index contributed by atoms with van der Waals surface area (Å²) in [6.07, 6.45) is 9.60. The van der Waals surface area contributed by atoms with Crippen LogP contribution in [0.4, 0.5) is 0 Å². The van der Waals surface area contributed by atoms with Gasteiger partial charge >= 0.3 is 0 Å². The van der Waals surface area contributed by atoms with Gasteiger partial charge in [0.05, 0.1) is 0 Å². The fourth-order valence-corrected chi connectivity index (χ4v) is 2.18. The second kappa shape index (κ2) is 6.23. The average molecular weight is 232 g/mol. The Hall–Kier alpha value is -1.58. The van der Waals surface area contributed by atoms with Crippen molar-refractivity contribution in [2.75, 3.05) is 6.54 Å². The molecule has 1 aromatic heterocycles. The molecule has 1 saturated carbocycles. The van der Waals surface area contributed by atoms with Crippen LogP contribution in [0.15, 0.2) is 29.5 Å². The summed E-state index contributed by atoms with van der Waals surface area (Å²) in [5.74, 6) is 0.584. The van der Waals surface area contributed by atoms with Crippen molar-refractivity contribution in [1.82, 2.24) is 10.3 Å². The molecule has 0 atom stereocenters. The van der Waals surface area contributed by atoms with Crippen molar-refractivity contribution in [2.24, 2.45) is 10.7 Å².